The van der Waals surface area contributed by atoms with E-state index in [9.17, 15) is 4.21 Å². The topological polar surface area (TPSA) is 62.8 Å². The van der Waals surface area contributed by atoms with Crippen molar-refractivity contribution < 1.29 is 13.5 Å². The molecule has 1 aliphatic rings. The Balaban J connectivity index is 1.47. The summed E-state index contributed by atoms with van der Waals surface area (Å²) in [6.45, 7) is 7.07. The maximum Gasteiger partial charge on any atom is 0.0892 e. The van der Waals surface area contributed by atoms with E-state index in [1.165, 1.54) is 16.7 Å². The number of nitrogens with zero attached hydrogens (tertiary/aromatic N) is 1. The number of hydrogen-bond acceptors (Lipinski definition) is 7. The van der Waals surface area contributed by atoms with Crippen molar-refractivity contribution in [3.63, 3.8) is 0 Å². The fraction of sp³-hybridized carbons (Fsp3) is 0.280. The number of para-hydroxylation sites is 1. The molecule has 1 aliphatic heterocycles. The summed E-state index contributed by atoms with van der Waals surface area (Å²) in [6.07, 6.45) is 1.79. The predicted molar refractivity (Wildman–Crippen MR) is 135 cm³/mol. The molecule has 0 radical (unpaired) electrons. The number of rotatable bonds is 10. The highest BCUT2D eigenvalue weighted by Gasteiger charge is 2.29. The molecule has 2 N–H and O–H groups in total. The summed E-state index contributed by atoms with van der Waals surface area (Å²) in [7, 11) is -1.17. The maximum absolute atomic E-state index is 13.2. The second kappa shape index (κ2) is 11.3. The van der Waals surface area contributed by atoms with Gasteiger partial charge in [0.25, 0.3) is 0 Å². The average molecular weight is 484 g/mol. The molecule has 4 rings (SSSR count). The van der Waals surface area contributed by atoms with Gasteiger partial charge in [-0.15, -0.1) is 9.32 Å². The first-order chi connectivity index (χ1) is 16.1. The first-order valence-electron chi connectivity index (χ1n) is 10.9. The summed E-state index contributed by atoms with van der Waals surface area (Å²) in [5.41, 5.74) is 9.64. The van der Waals surface area contributed by atoms with Crippen molar-refractivity contribution in [1.82, 2.24) is 10.8 Å². The number of benzene rings is 3. The lowest BCUT2D eigenvalue weighted by Crippen LogP contribution is -2.32. The monoisotopic (exact) mass is 483 g/mol. The molecule has 0 aliphatic carbocycles. The standard InChI is InChI=1S/C25H29N3O3S2/c1-18-12-13-24-25(19(18)2)28(22-10-6-7-11-23(22)33(24)29)15-14-26-16-20-8-4-5-9-21(20)17-27-30-31-32-3/h4-13,26-27H,14-17H2,1-3H3. The van der Waals surface area contributed by atoms with Gasteiger partial charge in [0.05, 0.1) is 32.0 Å². The van der Waals surface area contributed by atoms with Crippen LogP contribution in [0.4, 0.5) is 11.4 Å². The molecular formula is C25H29N3O3S2. The number of hydrogen-bond donors (Lipinski definition) is 2. The molecule has 0 aromatic heterocycles. The largest absolute Gasteiger partial charge is 0.338 e. The van der Waals surface area contributed by atoms with E-state index >= 15 is 0 Å². The number of hydroxylamine groups is 1. The molecule has 0 saturated heterocycles. The van der Waals surface area contributed by atoms with Crippen molar-refractivity contribution in [2.24, 2.45) is 0 Å². The minimum absolute atomic E-state index is 0.551. The zero-order valence-electron chi connectivity index (χ0n) is 19.1. The van der Waals surface area contributed by atoms with E-state index in [0.29, 0.717) is 6.54 Å². The van der Waals surface area contributed by atoms with Crippen molar-refractivity contribution in [3.05, 3.63) is 82.9 Å². The van der Waals surface area contributed by atoms with Crippen LogP contribution < -0.4 is 15.7 Å². The van der Waals surface area contributed by atoms with Gasteiger partial charge in [0.2, 0.25) is 0 Å². The number of aryl methyl sites for hydroxylation is 1. The molecule has 6 nitrogen and oxygen atoms in total. The lowest BCUT2D eigenvalue weighted by atomic mass is 10.1. The average Bonchev–Trinajstić information content (AvgIpc) is 2.84. The lowest BCUT2D eigenvalue weighted by Gasteiger charge is -2.34. The Hall–Kier alpha value is -2.20. The van der Waals surface area contributed by atoms with Crippen LogP contribution >= 0.6 is 12.0 Å². The van der Waals surface area contributed by atoms with Gasteiger partial charge >= 0.3 is 0 Å². The molecule has 1 atom stereocenters. The third-order valence-electron chi connectivity index (χ3n) is 5.86. The Morgan fingerprint density at radius 1 is 0.939 bits per heavy atom. The number of nitrogens with one attached hydrogen (secondary N) is 2. The second-order valence-electron chi connectivity index (χ2n) is 7.83. The molecular weight excluding hydrogens is 454 g/mol. The van der Waals surface area contributed by atoms with Crippen LogP contribution in [0, 0.1) is 13.8 Å². The normalized spacial score (nSPS) is 14.8. The fourth-order valence-electron chi connectivity index (χ4n) is 4.05. The molecule has 0 bridgehead atoms. The van der Waals surface area contributed by atoms with Gasteiger partial charge in [-0.1, -0.05) is 42.5 Å². The Labute approximate surface area is 202 Å². The fourth-order valence-corrected chi connectivity index (χ4v) is 5.60. The van der Waals surface area contributed by atoms with Crippen LogP contribution in [0.25, 0.3) is 0 Å². The van der Waals surface area contributed by atoms with Crippen LogP contribution in [0.5, 0.6) is 0 Å². The first kappa shape index (κ1) is 23.9. The minimum Gasteiger partial charge on any atom is -0.338 e. The highest BCUT2D eigenvalue weighted by molar-refractivity contribution is 7.93. The molecule has 0 fully saturated rings. The highest BCUT2D eigenvalue weighted by atomic mass is 32.2. The molecule has 3 aromatic rings. The minimum atomic E-state index is -1.17. The summed E-state index contributed by atoms with van der Waals surface area (Å²) in [6, 6.07) is 20.3. The molecule has 3 aromatic carbocycles. The summed E-state index contributed by atoms with van der Waals surface area (Å²) in [5.74, 6) is 0. The van der Waals surface area contributed by atoms with Gasteiger partial charge in [0.1, 0.15) is 0 Å². The van der Waals surface area contributed by atoms with E-state index < -0.39 is 10.8 Å². The number of anilines is 2. The van der Waals surface area contributed by atoms with Crippen LogP contribution in [0.1, 0.15) is 22.3 Å². The van der Waals surface area contributed by atoms with E-state index in [4.69, 9.17) is 9.32 Å². The van der Waals surface area contributed by atoms with Crippen LogP contribution in [-0.4, -0.2) is 23.6 Å². The van der Waals surface area contributed by atoms with Gasteiger partial charge in [0.15, 0.2) is 0 Å². The summed E-state index contributed by atoms with van der Waals surface area (Å²) >= 11 is 1.14. The lowest BCUT2D eigenvalue weighted by molar-refractivity contribution is -0.246. The Morgan fingerprint density at radius 2 is 1.67 bits per heavy atom. The van der Waals surface area contributed by atoms with Crippen molar-refractivity contribution in [2.45, 2.75) is 36.7 Å². The van der Waals surface area contributed by atoms with E-state index in [-0.39, 0.29) is 0 Å². The second-order valence-corrected chi connectivity index (χ2v) is 9.71. The van der Waals surface area contributed by atoms with Gasteiger partial charge in [-0.25, -0.2) is 4.21 Å². The zero-order valence-corrected chi connectivity index (χ0v) is 20.7. The van der Waals surface area contributed by atoms with Crippen molar-refractivity contribution >= 4 is 34.2 Å². The molecule has 0 spiro atoms. The predicted octanol–water partition coefficient (Wildman–Crippen LogP) is 4.94. The van der Waals surface area contributed by atoms with E-state index in [2.05, 4.69) is 53.8 Å². The van der Waals surface area contributed by atoms with Gasteiger partial charge in [-0.05, 0) is 54.3 Å². The molecule has 33 heavy (non-hydrogen) atoms. The van der Waals surface area contributed by atoms with Crippen LogP contribution in [-0.2, 0) is 33.2 Å². The van der Waals surface area contributed by atoms with Gasteiger partial charge in [-0.3, -0.25) is 0 Å². The SMILES string of the molecule is CSOONCc1ccccc1CNCCN1c2ccccc2S(=O)c2ccc(C)c(C)c21. The molecule has 8 heteroatoms. The third kappa shape index (κ3) is 5.32. The zero-order chi connectivity index (χ0) is 23.2. The summed E-state index contributed by atoms with van der Waals surface area (Å²) < 4.78 is 18.0. The van der Waals surface area contributed by atoms with E-state index in [0.717, 1.165) is 58.4 Å². The summed E-state index contributed by atoms with van der Waals surface area (Å²) in [4.78, 5) is 8.97. The van der Waals surface area contributed by atoms with Crippen LogP contribution in [0.15, 0.2) is 70.5 Å². The molecule has 174 valence electrons. The van der Waals surface area contributed by atoms with E-state index in [1.54, 1.807) is 6.26 Å². The Kier molecular flexibility index (Phi) is 8.19. The Bertz CT molecular complexity index is 1140. The third-order valence-corrected chi connectivity index (χ3v) is 7.54. The first-order valence-corrected chi connectivity index (χ1v) is 13.2. The Morgan fingerprint density at radius 3 is 2.45 bits per heavy atom. The van der Waals surface area contributed by atoms with Crippen LogP contribution in [0.3, 0.4) is 0 Å². The number of fused-ring (bicyclic) bond motifs is 2. The smallest absolute Gasteiger partial charge is 0.0892 e. The maximum atomic E-state index is 13.2. The molecule has 0 saturated carbocycles. The summed E-state index contributed by atoms with van der Waals surface area (Å²) in [5, 5.41) is 3.58. The molecule has 1 unspecified atom stereocenters. The molecule has 0 amide bonds. The highest BCUT2D eigenvalue weighted by Crippen LogP contribution is 2.44. The molecule has 1 heterocycles. The van der Waals surface area contributed by atoms with E-state index in [1.807, 2.05) is 36.4 Å². The van der Waals surface area contributed by atoms with Gasteiger partial charge in [-0.2, -0.15) is 5.48 Å². The quantitative estimate of drug-likeness (QED) is 0.183. The van der Waals surface area contributed by atoms with Crippen molar-refractivity contribution in [3.8, 4) is 0 Å². The van der Waals surface area contributed by atoms with Crippen molar-refractivity contribution in [1.29, 1.82) is 0 Å². The van der Waals surface area contributed by atoms with Gasteiger partial charge < -0.3 is 10.2 Å². The van der Waals surface area contributed by atoms with Crippen LogP contribution in [0.2, 0.25) is 0 Å². The van der Waals surface area contributed by atoms with Gasteiger partial charge in [0, 0.05) is 44.5 Å². The van der Waals surface area contributed by atoms with Crippen molar-refractivity contribution in [2.75, 3.05) is 24.2 Å².